The molecule has 0 spiro atoms. The highest BCUT2D eigenvalue weighted by Crippen LogP contribution is 2.25. The summed E-state index contributed by atoms with van der Waals surface area (Å²) in [6.45, 7) is 7.58. The number of carbonyl (C=O) groups is 1. The molecule has 0 bridgehead atoms. The Morgan fingerprint density at radius 1 is 0.909 bits per heavy atom. The normalized spacial score (nSPS) is 12.1. The van der Waals surface area contributed by atoms with Gasteiger partial charge in [0.2, 0.25) is 5.91 Å². The van der Waals surface area contributed by atoms with Gasteiger partial charge in [0.1, 0.15) is 18.9 Å². The first-order chi connectivity index (χ1) is 15.7. The SMILES string of the molecule is Cc1ccc(N(CC(=O)NC(C)COc2ccccc2C)S(=O)(=O)c2ccccc2)cc1C. The summed E-state index contributed by atoms with van der Waals surface area (Å²) in [5, 5.41) is 2.85. The fraction of sp³-hybridized carbons (Fsp3) is 0.269. The van der Waals surface area contributed by atoms with E-state index in [1.807, 2.05) is 58.0 Å². The Kier molecular flexibility index (Phi) is 7.76. The van der Waals surface area contributed by atoms with Crippen LogP contribution < -0.4 is 14.4 Å². The van der Waals surface area contributed by atoms with Crippen LogP contribution in [0.15, 0.2) is 77.7 Å². The quantitative estimate of drug-likeness (QED) is 0.507. The minimum absolute atomic E-state index is 0.131. The average molecular weight is 467 g/mol. The Hall–Kier alpha value is -3.32. The van der Waals surface area contributed by atoms with Crippen LogP contribution in [0.2, 0.25) is 0 Å². The molecule has 7 heteroatoms. The minimum atomic E-state index is -3.93. The average Bonchev–Trinajstić information content (AvgIpc) is 2.79. The Morgan fingerprint density at radius 3 is 2.24 bits per heavy atom. The van der Waals surface area contributed by atoms with E-state index < -0.39 is 15.9 Å². The highest BCUT2D eigenvalue weighted by Gasteiger charge is 2.27. The summed E-state index contributed by atoms with van der Waals surface area (Å²) in [7, 11) is -3.93. The van der Waals surface area contributed by atoms with Crippen LogP contribution in [0.4, 0.5) is 5.69 Å². The second-order valence-electron chi connectivity index (χ2n) is 8.14. The number of rotatable bonds is 9. The molecule has 1 amide bonds. The number of hydrogen-bond donors (Lipinski definition) is 1. The predicted molar refractivity (Wildman–Crippen MR) is 131 cm³/mol. The van der Waals surface area contributed by atoms with Crippen molar-refractivity contribution >= 4 is 21.6 Å². The lowest BCUT2D eigenvalue weighted by molar-refractivity contribution is -0.120. The van der Waals surface area contributed by atoms with Gasteiger partial charge in [-0.1, -0.05) is 42.5 Å². The summed E-state index contributed by atoms with van der Waals surface area (Å²) in [6, 6.07) is 20.8. The zero-order valence-corrected chi connectivity index (χ0v) is 20.2. The van der Waals surface area contributed by atoms with Crippen molar-refractivity contribution in [3.05, 3.63) is 89.5 Å². The lowest BCUT2D eigenvalue weighted by Crippen LogP contribution is -2.45. The number of aryl methyl sites for hydroxylation is 3. The van der Waals surface area contributed by atoms with Gasteiger partial charge in [-0.15, -0.1) is 0 Å². The van der Waals surface area contributed by atoms with E-state index >= 15 is 0 Å². The first kappa shape index (κ1) is 24.3. The molecular weight excluding hydrogens is 436 g/mol. The van der Waals surface area contributed by atoms with Gasteiger partial charge < -0.3 is 10.1 Å². The van der Waals surface area contributed by atoms with Gasteiger partial charge in [0.15, 0.2) is 0 Å². The highest BCUT2D eigenvalue weighted by atomic mass is 32.2. The zero-order chi connectivity index (χ0) is 24.0. The molecule has 0 aliphatic heterocycles. The molecule has 3 aromatic rings. The Labute approximate surface area is 196 Å². The number of hydrogen-bond acceptors (Lipinski definition) is 4. The van der Waals surface area contributed by atoms with E-state index in [0.717, 1.165) is 26.7 Å². The molecule has 0 aliphatic carbocycles. The fourth-order valence-electron chi connectivity index (χ4n) is 3.34. The van der Waals surface area contributed by atoms with Crippen LogP contribution in [0.3, 0.4) is 0 Å². The predicted octanol–water partition coefficient (Wildman–Crippen LogP) is 4.39. The molecule has 1 atom stereocenters. The summed E-state index contributed by atoms with van der Waals surface area (Å²) < 4.78 is 33.8. The summed E-state index contributed by atoms with van der Waals surface area (Å²) in [5.41, 5.74) is 3.44. The molecular formula is C26H30N2O4S. The van der Waals surface area contributed by atoms with Gasteiger partial charge in [0.25, 0.3) is 10.0 Å². The molecule has 33 heavy (non-hydrogen) atoms. The van der Waals surface area contributed by atoms with Gasteiger partial charge in [-0.25, -0.2) is 8.42 Å². The Bertz CT molecular complexity index is 1210. The van der Waals surface area contributed by atoms with Gasteiger partial charge in [0, 0.05) is 0 Å². The molecule has 3 aromatic carbocycles. The van der Waals surface area contributed by atoms with Crippen molar-refractivity contribution in [1.29, 1.82) is 0 Å². The Morgan fingerprint density at radius 2 is 1.58 bits per heavy atom. The second-order valence-corrected chi connectivity index (χ2v) is 10.0. The van der Waals surface area contributed by atoms with Crippen molar-refractivity contribution < 1.29 is 17.9 Å². The molecule has 0 aliphatic rings. The van der Waals surface area contributed by atoms with E-state index in [2.05, 4.69) is 5.32 Å². The molecule has 0 saturated heterocycles. The van der Waals surface area contributed by atoms with Gasteiger partial charge >= 0.3 is 0 Å². The highest BCUT2D eigenvalue weighted by molar-refractivity contribution is 7.92. The first-order valence-corrected chi connectivity index (χ1v) is 12.3. The van der Waals surface area contributed by atoms with Crippen LogP contribution in [0.5, 0.6) is 5.75 Å². The maximum atomic E-state index is 13.4. The molecule has 0 heterocycles. The van der Waals surface area contributed by atoms with E-state index in [1.54, 1.807) is 30.3 Å². The van der Waals surface area contributed by atoms with Crippen molar-refractivity contribution in [2.45, 2.75) is 38.6 Å². The number of nitrogens with one attached hydrogen (secondary N) is 1. The van der Waals surface area contributed by atoms with E-state index in [1.165, 1.54) is 12.1 Å². The molecule has 3 rings (SSSR count). The van der Waals surface area contributed by atoms with E-state index in [-0.39, 0.29) is 24.1 Å². The maximum Gasteiger partial charge on any atom is 0.264 e. The smallest absolute Gasteiger partial charge is 0.264 e. The van der Waals surface area contributed by atoms with E-state index in [4.69, 9.17) is 4.74 Å². The second kappa shape index (κ2) is 10.5. The van der Waals surface area contributed by atoms with Crippen LogP contribution in [0.25, 0.3) is 0 Å². The molecule has 1 unspecified atom stereocenters. The number of sulfonamides is 1. The summed E-state index contributed by atoms with van der Waals surface area (Å²) in [4.78, 5) is 13.0. The van der Waals surface area contributed by atoms with Gasteiger partial charge in [-0.2, -0.15) is 0 Å². The fourth-order valence-corrected chi connectivity index (χ4v) is 4.78. The van der Waals surface area contributed by atoms with Crippen molar-refractivity contribution in [3.63, 3.8) is 0 Å². The number of benzene rings is 3. The topological polar surface area (TPSA) is 75.7 Å². The third-order valence-corrected chi connectivity index (χ3v) is 7.17. The monoisotopic (exact) mass is 466 g/mol. The van der Waals surface area contributed by atoms with Gasteiger partial charge in [-0.3, -0.25) is 9.10 Å². The largest absolute Gasteiger partial charge is 0.491 e. The lowest BCUT2D eigenvalue weighted by atomic mass is 10.1. The number of anilines is 1. The number of amides is 1. The van der Waals surface area contributed by atoms with Crippen LogP contribution >= 0.6 is 0 Å². The van der Waals surface area contributed by atoms with Gasteiger partial charge in [0.05, 0.1) is 16.6 Å². The van der Waals surface area contributed by atoms with Crippen LogP contribution in [0, 0.1) is 20.8 Å². The maximum absolute atomic E-state index is 13.4. The number of ether oxygens (including phenoxy) is 1. The molecule has 0 saturated carbocycles. The summed E-state index contributed by atoms with van der Waals surface area (Å²) in [6.07, 6.45) is 0. The molecule has 0 radical (unpaired) electrons. The van der Waals surface area contributed by atoms with E-state index in [9.17, 15) is 13.2 Å². The third-order valence-electron chi connectivity index (χ3n) is 5.39. The molecule has 0 aromatic heterocycles. The molecule has 6 nitrogen and oxygen atoms in total. The van der Waals surface area contributed by atoms with Crippen molar-refractivity contribution in [2.24, 2.45) is 0 Å². The standard InChI is InChI=1S/C26H30N2O4S/c1-19-14-15-23(16-21(19)3)28(33(30,31)24-11-6-5-7-12-24)17-26(29)27-22(4)18-32-25-13-9-8-10-20(25)2/h5-16,22H,17-18H2,1-4H3,(H,27,29). The van der Waals surface area contributed by atoms with Crippen molar-refractivity contribution in [3.8, 4) is 5.75 Å². The number of para-hydroxylation sites is 1. The minimum Gasteiger partial charge on any atom is -0.491 e. The molecule has 1 N–H and O–H groups in total. The lowest BCUT2D eigenvalue weighted by Gasteiger charge is -2.25. The zero-order valence-electron chi connectivity index (χ0n) is 19.4. The van der Waals surface area contributed by atoms with Crippen molar-refractivity contribution in [1.82, 2.24) is 5.32 Å². The van der Waals surface area contributed by atoms with Crippen LogP contribution in [0.1, 0.15) is 23.6 Å². The van der Waals surface area contributed by atoms with E-state index in [0.29, 0.717) is 5.69 Å². The third kappa shape index (κ3) is 6.14. The summed E-state index contributed by atoms with van der Waals surface area (Å²) in [5.74, 6) is 0.343. The first-order valence-electron chi connectivity index (χ1n) is 10.8. The number of carbonyl (C=O) groups excluding carboxylic acids is 1. The van der Waals surface area contributed by atoms with Crippen LogP contribution in [-0.2, 0) is 14.8 Å². The summed E-state index contributed by atoms with van der Waals surface area (Å²) >= 11 is 0. The Balaban J connectivity index is 1.77. The van der Waals surface area contributed by atoms with Gasteiger partial charge in [-0.05, 0) is 74.7 Å². The van der Waals surface area contributed by atoms with Crippen LogP contribution in [-0.4, -0.2) is 33.5 Å². The number of nitrogens with zero attached hydrogens (tertiary/aromatic N) is 1. The molecule has 0 fully saturated rings. The van der Waals surface area contributed by atoms with Crippen molar-refractivity contribution in [2.75, 3.05) is 17.5 Å². The molecule has 174 valence electrons.